The van der Waals surface area contributed by atoms with E-state index in [0.717, 1.165) is 10.0 Å². The Morgan fingerprint density at radius 2 is 1.93 bits per heavy atom. The lowest BCUT2D eigenvalue weighted by molar-refractivity contribution is -0.123. The smallest absolute Gasteiger partial charge is 0.262 e. The Labute approximate surface area is 171 Å². The standard InChI is InChI=1S/C20H20BrN3O4/c1-12(2)18(20(26)24-22-10-13-4-3-5-15(21)8-13)23-19(25)14-6-7-16-17(9-14)28-11-27-16/h3-10,12,18H,11H2,1-2H3,(H,23,25)(H,24,26)/b22-10+. The van der Waals surface area contributed by atoms with Crippen LogP contribution in [0.5, 0.6) is 11.5 Å². The molecular formula is C20H20BrN3O4. The Hall–Kier alpha value is -2.87. The SMILES string of the molecule is CC(C)C(NC(=O)c1ccc2c(c1)OCO2)C(=O)N/N=C/c1cccc(Br)c1. The lowest BCUT2D eigenvalue weighted by Gasteiger charge is -2.20. The van der Waals surface area contributed by atoms with E-state index in [4.69, 9.17) is 9.47 Å². The molecule has 7 nitrogen and oxygen atoms in total. The molecule has 0 bridgehead atoms. The van der Waals surface area contributed by atoms with Gasteiger partial charge in [-0.05, 0) is 41.8 Å². The zero-order valence-electron chi connectivity index (χ0n) is 15.4. The average molecular weight is 446 g/mol. The van der Waals surface area contributed by atoms with Crippen LogP contribution in [0.1, 0.15) is 29.8 Å². The summed E-state index contributed by atoms with van der Waals surface area (Å²) in [5.74, 6) is 0.214. The van der Waals surface area contributed by atoms with Gasteiger partial charge in [0, 0.05) is 10.0 Å². The van der Waals surface area contributed by atoms with Crippen molar-refractivity contribution in [1.82, 2.24) is 10.7 Å². The fourth-order valence-corrected chi connectivity index (χ4v) is 3.04. The second-order valence-electron chi connectivity index (χ2n) is 6.55. The number of hydrogen-bond donors (Lipinski definition) is 2. The highest BCUT2D eigenvalue weighted by Gasteiger charge is 2.25. The number of fused-ring (bicyclic) bond motifs is 1. The van der Waals surface area contributed by atoms with E-state index in [0.29, 0.717) is 17.1 Å². The molecule has 0 fully saturated rings. The fraction of sp³-hybridized carbons (Fsp3) is 0.250. The third kappa shape index (κ3) is 4.89. The highest BCUT2D eigenvalue weighted by atomic mass is 79.9. The zero-order valence-corrected chi connectivity index (χ0v) is 17.0. The Morgan fingerprint density at radius 1 is 1.14 bits per heavy atom. The number of carbonyl (C=O) groups excluding carboxylic acids is 2. The molecule has 1 heterocycles. The number of hydrogen-bond acceptors (Lipinski definition) is 5. The van der Waals surface area contributed by atoms with E-state index >= 15 is 0 Å². The monoisotopic (exact) mass is 445 g/mol. The van der Waals surface area contributed by atoms with Gasteiger partial charge in [0.1, 0.15) is 6.04 Å². The molecule has 0 saturated carbocycles. The highest BCUT2D eigenvalue weighted by molar-refractivity contribution is 9.10. The molecule has 2 aromatic rings. The third-order valence-electron chi connectivity index (χ3n) is 4.11. The van der Waals surface area contributed by atoms with Crippen LogP contribution in [0.2, 0.25) is 0 Å². The van der Waals surface area contributed by atoms with Crippen molar-refractivity contribution >= 4 is 34.0 Å². The lowest BCUT2D eigenvalue weighted by Crippen LogP contribution is -2.48. The summed E-state index contributed by atoms with van der Waals surface area (Å²) >= 11 is 3.38. The lowest BCUT2D eigenvalue weighted by atomic mass is 10.0. The predicted octanol–water partition coefficient (Wildman–Crippen LogP) is 3.08. The molecule has 3 rings (SSSR count). The van der Waals surface area contributed by atoms with Gasteiger partial charge in [-0.1, -0.05) is 41.9 Å². The van der Waals surface area contributed by atoms with Crippen LogP contribution in [0.4, 0.5) is 0 Å². The Bertz CT molecular complexity index is 914. The van der Waals surface area contributed by atoms with Gasteiger partial charge in [-0.25, -0.2) is 5.43 Å². The molecule has 2 N–H and O–H groups in total. The van der Waals surface area contributed by atoms with Crippen molar-refractivity contribution < 1.29 is 19.1 Å². The van der Waals surface area contributed by atoms with Crippen LogP contribution in [-0.4, -0.2) is 30.9 Å². The van der Waals surface area contributed by atoms with Crippen molar-refractivity contribution in [2.24, 2.45) is 11.0 Å². The van der Waals surface area contributed by atoms with Crippen LogP contribution < -0.4 is 20.2 Å². The van der Waals surface area contributed by atoms with Gasteiger partial charge < -0.3 is 14.8 Å². The average Bonchev–Trinajstić information content (AvgIpc) is 3.13. The first-order chi connectivity index (χ1) is 13.4. The molecule has 2 amide bonds. The van der Waals surface area contributed by atoms with Gasteiger partial charge in [-0.3, -0.25) is 9.59 Å². The Kier molecular flexibility index (Phi) is 6.30. The molecule has 8 heteroatoms. The predicted molar refractivity (Wildman–Crippen MR) is 109 cm³/mol. The van der Waals surface area contributed by atoms with Gasteiger partial charge in [0.15, 0.2) is 11.5 Å². The van der Waals surface area contributed by atoms with E-state index in [2.05, 4.69) is 31.8 Å². The number of hydrazone groups is 1. The van der Waals surface area contributed by atoms with Gasteiger partial charge in [-0.2, -0.15) is 5.10 Å². The Morgan fingerprint density at radius 3 is 2.68 bits per heavy atom. The van der Waals surface area contributed by atoms with Crippen LogP contribution in [-0.2, 0) is 4.79 Å². The number of rotatable bonds is 6. The van der Waals surface area contributed by atoms with E-state index in [9.17, 15) is 9.59 Å². The van der Waals surface area contributed by atoms with Crippen LogP contribution in [0.15, 0.2) is 52.0 Å². The molecule has 146 valence electrons. The first-order valence-corrected chi connectivity index (χ1v) is 9.52. The number of amides is 2. The quantitative estimate of drug-likeness (QED) is 0.528. The molecule has 0 aliphatic carbocycles. The molecule has 1 aliphatic heterocycles. The molecular weight excluding hydrogens is 426 g/mol. The van der Waals surface area contributed by atoms with Gasteiger partial charge >= 0.3 is 0 Å². The maximum Gasteiger partial charge on any atom is 0.262 e. The zero-order chi connectivity index (χ0) is 20.1. The minimum atomic E-state index is -0.738. The molecule has 1 unspecified atom stereocenters. The maximum absolute atomic E-state index is 12.6. The number of ether oxygens (including phenoxy) is 2. The van der Waals surface area contributed by atoms with Gasteiger partial charge in [0.25, 0.3) is 11.8 Å². The van der Waals surface area contributed by atoms with E-state index in [1.54, 1.807) is 24.4 Å². The summed E-state index contributed by atoms with van der Waals surface area (Å²) in [6, 6.07) is 11.7. The van der Waals surface area contributed by atoms with Crippen molar-refractivity contribution in [1.29, 1.82) is 0 Å². The fourth-order valence-electron chi connectivity index (χ4n) is 2.62. The summed E-state index contributed by atoms with van der Waals surface area (Å²) in [7, 11) is 0. The van der Waals surface area contributed by atoms with Gasteiger partial charge in [-0.15, -0.1) is 0 Å². The number of benzene rings is 2. The van der Waals surface area contributed by atoms with Crippen LogP contribution >= 0.6 is 15.9 Å². The summed E-state index contributed by atoms with van der Waals surface area (Å²) in [6.45, 7) is 3.83. The van der Waals surface area contributed by atoms with E-state index in [1.807, 2.05) is 38.1 Å². The van der Waals surface area contributed by atoms with Crippen molar-refractivity contribution in [3.63, 3.8) is 0 Å². The first kappa shape index (κ1) is 19.9. The van der Waals surface area contributed by atoms with Crippen molar-refractivity contribution in [2.45, 2.75) is 19.9 Å². The van der Waals surface area contributed by atoms with Crippen molar-refractivity contribution in [3.8, 4) is 11.5 Å². The van der Waals surface area contributed by atoms with Crippen LogP contribution in [0, 0.1) is 5.92 Å². The maximum atomic E-state index is 12.6. The Balaban J connectivity index is 1.63. The number of nitrogens with zero attached hydrogens (tertiary/aromatic N) is 1. The summed E-state index contributed by atoms with van der Waals surface area (Å²) < 4.78 is 11.4. The van der Waals surface area contributed by atoms with E-state index in [1.165, 1.54) is 0 Å². The largest absolute Gasteiger partial charge is 0.454 e. The molecule has 0 saturated heterocycles. The van der Waals surface area contributed by atoms with Gasteiger partial charge in [0.05, 0.1) is 6.21 Å². The van der Waals surface area contributed by atoms with Crippen LogP contribution in [0.25, 0.3) is 0 Å². The molecule has 0 spiro atoms. The van der Waals surface area contributed by atoms with Gasteiger partial charge in [0.2, 0.25) is 6.79 Å². The molecule has 1 aliphatic rings. The van der Waals surface area contributed by atoms with E-state index in [-0.39, 0.29) is 18.6 Å². The molecule has 0 radical (unpaired) electrons. The molecule has 2 aromatic carbocycles. The minimum absolute atomic E-state index is 0.126. The summed E-state index contributed by atoms with van der Waals surface area (Å²) in [5.41, 5.74) is 3.71. The molecule has 28 heavy (non-hydrogen) atoms. The molecule has 0 aromatic heterocycles. The number of halogens is 1. The normalized spacial score (nSPS) is 13.6. The van der Waals surface area contributed by atoms with Crippen molar-refractivity contribution in [2.75, 3.05) is 6.79 Å². The summed E-state index contributed by atoms with van der Waals surface area (Å²) in [6.07, 6.45) is 1.54. The molecule has 1 atom stereocenters. The third-order valence-corrected chi connectivity index (χ3v) is 4.60. The first-order valence-electron chi connectivity index (χ1n) is 8.73. The minimum Gasteiger partial charge on any atom is -0.454 e. The highest BCUT2D eigenvalue weighted by Crippen LogP contribution is 2.32. The second-order valence-corrected chi connectivity index (χ2v) is 7.47. The topological polar surface area (TPSA) is 89.0 Å². The van der Waals surface area contributed by atoms with E-state index < -0.39 is 11.9 Å². The second kappa shape index (κ2) is 8.88. The summed E-state index contributed by atoms with van der Waals surface area (Å²) in [5, 5.41) is 6.73. The number of nitrogens with one attached hydrogen (secondary N) is 2. The van der Waals surface area contributed by atoms with Crippen LogP contribution in [0.3, 0.4) is 0 Å². The number of carbonyl (C=O) groups is 2. The summed E-state index contributed by atoms with van der Waals surface area (Å²) in [4.78, 5) is 25.1. The van der Waals surface area contributed by atoms with Crippen molar-refractivity contribution in [3.05, 3.63) is 58.1 Å².